The Hall–Kier alpha value is -2.98. The van der Waals surface area contributed by atoms with E-state index in [1.807, 2.05) is 17.0 Å². The smallest absolute Gasteiger partial charge is 0.220 e. The molecule has 3 aromatic rings. The van der Waals surface area contributed by atoms with Crippen LogP contribution in [0.3, 0.4) is 0 Å². The molecule has 0 spiro atoms. The van der Waals surface area contributed by atoms with Crippen molar-refractivity contribution in [2.24, 2.45) is 0 Å². The minimum atomic E-state index is -0.184. The molecule has 4 heteroatoms. The number of rotatable bonds is 7. The van der Waals surface area contributed by atoms with Gasteiger partial charge < -0.3 is 4.90 Å². The van der Waals surface area contributed by atoms with Crippen molar-refractivity contribution in [2.75, 3.05) is 13.1 Å². The molecule has 33 heavy (non-hydrogen) atoms. The van der Waals surface area contributed by atoms with Crippen LogP contribution in [0.4, 0.5) is 4.39 Å². The summed E-state index contributed by atoms with van der Waals surface area (Å²) >= 11 is 0. The second-order valence-electron chi connectivity index (χ2n) is 9.24. The molecular weight excluding hydrogens is 411 g/mol. The molecule has 1 aliphatic heterocycles. The summed E-state index contributed by atoms with van der Waals surface area (Å²) in [7, 11) is 0. The number of amides is 1. The number of carbonyl (C=O) groups is 1. The Morgan fingerprint density at radius 2 is 1.67 bits per heavy atom. The molecule has 4 rings (SSSR count). The number of hydrogen-bond acceptors (Lipinski definition) is 2. The van der Waals surface area contributed by atoms with E-state index >= 15 is 0 Å². The lowest BCUT2D eigenvalue weighted by molar-refractivity contribution is -0.130. The molecule has 1 aliphatic rings. The van der Waals surface area contributed by atoms with Gasteiger partial charge in [0.25, 0.3) is 0 Å². The lowest BCUT2D eigenvalue weighted by Gasteiger charge is -2.33. The van der Waals surface area contributed by atoms with Crippen molar-refractivity contribution in [3.8, 4) is 0 Å². The average molecular weight is 445 g/mol. The fraction of sp³-hybridized carbons (Fsp3) is 0.345. The topological polar surface area (TPSA) is 23.6 Å². The van der Waals surface area contributed by atoms with Crippen molar-refractivity contribution < 1.29 is 9.18 Å². The molecule has 0 saturated carbocycles. The largest absolute Gasteiger partial charge is 0.334 e. The maximum absolute atomic E-state index is 13.2. The maximum atomic E-state index is 13.2. The molecule has 0 atom stereocenters. The minimum Gasteiger partial charge on any atom is -0.334 e. The van der Waals surface area contributed by atoms with Gasteiger partial charge in [-0.25, -0.2) is 4.39 Å². The number of nitrogens with zero attached hydrogens (tertiary/aromatic N) is 2. The van der Waals surface area contributed by atoms with Crippen LogP contribution in [0.25, 0.3) is 0 Å². The molecule has 0 bridgehead atoms. The number of carbonyl (C=O) groups excluding carboxylic acids is 1. The van der Waals surface area contributed by atoms with Crippen molar-refractivity contribution in [1.82, 2.24) is 9.80 Å². The number of benzene rings is 3. The number of piperidine rings is 1. The summed E-state index contributed by atoms with van der Waals surface area (Å²) in [5.74, 6) is 0.412. The first-order valence-electron chi connectivity index (χ1n) is 11.8. The van der Waals surface area contributed by atoms with Crippen LogP contribution in [-0.4, -0.2) is 28.8 Å². The fourth-order valence-electron chi connectivity index (χ4n) is 4.84. The molecule has 3 nitrogen and oxygen atoms in total. The van der Waals surface area contributed by atoms with E-state index in [0.29, 0.717) is 19.0 Å². The molecule has 1 saturated heterocycles. The molecule has 0 N–H and O–H groups in total. The van der Waals surface area contributed by atoms with E-state index in [4.69, 9.17) is 0 Å². The summed E-state index contributed by atoms with van der Waals surface area (Å²) in [5.41, 5.74) is 6.15. The molecule has 0 radical (unpaired) electrons. The molecule has 0 aliphatic carbocycles. The Morgan fingerprint density at radius 1 is 0.939 bits per heavy atom. The van der Waals surface area contributed by atoms with Crippen LogP contribution in [0.2, 0.25) is 0 Å². The monoisotopic (exact) mass is 444 g/mol. The van der Waals surface area contributed by atoms with E-state index < -0.39 is 0 Å². The summed E-state index contributed by atoms with van der Waals surface area (Å²) < 4.78 is 13.2. The van der Waals surface area contributed by atoms with Crippen molar-refractivity contribution in [2.45, 2.75) is 52.2 Å². The summed E-state index contributed by atoms with van der Waals surface area (Å²) in [6.45, 7) is 7.91. The van der Waals surface area contributed by atoms with E-state index in [2.05, 4.69) is 60.4 Å². The van der Waals surface area contributed by atoms with Gasteiger partial charge in [0.1, 0.15) is 5.82 Å². The Kier molecular flexibility index (Phi) is 7.56. The third kappa shape index (κ3) is 6.29. The van der Waals surface area contributed by atoms with E-state index in [-0.39, 0.29) is 11.7 Å². The third-order valence-electron chi connectivity index (χ3n) is 6.66. The first kappa shape index (κ1) is 23.2. The van der Waals surface area contributed by atoms with Crippen LogP contribution in [0.5, 0.6) is 0 Å². The van der Waals surface area contributed by atoms with Gasteiger partial charge in [0, 0.05) is 26.6 Å². The standard InChI is InChI=1S/C29H33FN2O/c1-22-6-5-7-25(18-22)20-32(23(2)33)21-27-8-3-4-9-29(27)26-14-16-31(17-15-26)19-24-10-12-28(30)13-11-24/h3-13,18,26H,14-17,19-21H2,1-2H3. The van der Waals surface area contributed by atoms with Crippen molar-refractivity contribution in [3.05, 3.63) is 106 Å². The Morgan fingerprint density at radius 3 is 2.36 bits per heavy atom. The Bertz CT molecular complexity index is 1070. The second-order valence-corrected chi connectivity index (χ2v) is 9.24. The van der Waals surface area contributed by atoms with Gasteiger partial charge in [-0.15, -0.1) is 0 Å². The SMILES string of the molecule is CC(=O)N(Cc1cccc(C)c1)Cc1ccccc1C1CCN(Cc2ccc(F)cc2)CC1. The number of aryl methyl sites for hydroxylation is 1. The predicted octanol–water partition coefficient (Wildman–Crippen LogP) is 6.06. The summed E-state index contributed by atoms with van der Waals surface area (Å²) in [4.78, 5) is 16.9. The van der Waals surface area contributed by atoms with Gasteiger partial charge in [0.2, 0.25) is 5.91 Å². The van der Waals surface area contributed by atoms with Crippen LogP contribution >= 0.6 is 0 Å². The Balaban J connectivity index is 1.41. The lowest BCUT2D eigenvalue weighted by Crippen LogP contribution is -2.33. The van der Waals surface area contributed by atoms with Gasteiger partial charge in [0.15, 0.2) is 0 Å². The number of halogens is 1. The number of hydrogen-bond donors (Lipinski definition) is 0. The highest BCUT2D eigenvalue weighted by molar-refractivity contribution is 5.73. The predicted molar refractivity (Wildman–Crippen MR) is 131 cm³/mol. The van der Waals surface area contributed by atoms with E-state index in [1.54, 1.807) is 6.92 Å². The Labute approximate surface area is 196 Å². The van der Waals surface area contributed by atoms with Crippen LogP contribution in [0.15, 0.2) is 72.8 Å². The zero-order valence-electron chi connectivity index (χ0n) is 19.6. The van der Waals surface area contributed by atoms with Crippen LogP contribution in [-0.2, 0) is 24.4 Å². The number of likely N-dealkylation sites (tertiary alicyclic amines) is 1. The van der Waals surface area contributed by atoms with Crippen LogP contribution in [0, 0.1) is 12.7 Å². The molecule has 1 heterocycles. The van der Waals surface area contributed by atoms with Gasteiger partial charge in [-0.3, -0.25) is 9.69 Å². The zero-order valence-corrected chi connectivity index (χ0v) is 19.6. The van der Waals surface area contributed by atoms with Crippen LogP contribution < -0.4 is 0 Å². The normalized spacial score (nSPS) is 14.9. The molecular formula is C29H33FN2O. The van der Waals surface area contributed by atoms with Crippen molar-refractivity contribution >= 4 is 5.91 Å². The van der Waals surface area contributed by atoms with Crippen LogP contribution in [0.1, 0.15) is 53.5 Å². The second kappa shape index (κ2) is 10.8. The molecule has 1 fully saturated rings. The first-order valence-corrected chi connectivity index (χ1v) is 11.8. The molecule has 172 valence electrons. The molecule has 0 aromatic heterocycles. The highest BCUT2D eigenvalue weighted by Gasteiger charge is 2.23. The molecule has 1 amide bonds. The van der Waals surface area contributed by atoms with Gasteiger partial charge in [-0.2, -0.15) is 0 Å². The third-order valence-corrected chi connectivity index (χ3v) is 6.66. The lowest BCUT2D eigenvalue weighted by atomic mass is 9.86. The van der Waals surface area contributed by atoms with E-state index in [9.17, 15) is 9.18 Å². The molecule has 0 unspecified atom stereocenters. The van der Waals surface area contributed by atoms with E-state index in [1.165, 1.54) is 28.8 Å². The highest BCUT2D eigenvalue weighted by Crippen LogP contribution is 2.32. The van der Waals surface area contributed by atoms with Gasteiger partial charge in [-0.05, 0) is 73.2 Å². The van der Waals surface area contributed by atoms with E-state index in [0.717, 1.165) is 43.6 Å². The molecule has 3 aromatic carbocycles. The minimum absolute atomic E-state index is 0.0976. The average Bonchev–Trinajstić information content (AvgIpc) is 2.81. The van der Waals surface area contributed by atoms with Gasteiger partial charge >= 0.3 is 0 Å². The quantitative estimate of drug-likeness (QED) is 0.442. The van der Waals surface area contributed by atoms with Crippen molar-refractivity contribution in [1.29, 1.82) is 0 Å². The fourth-order valence-corrected chi connectivity index (χ4v) is 4.84. The maximum Gasteiger partial charge on any atom is 0.220 e. The summed E-state index contributed by atoms with van der Waals surface area (Å²) in [5, 5.41) is 0. The first-order chi connectivity index (χ1) is 16.0. The highest BCUT2D eigenvalue weighted by atomic mass is 19.1. The van der Waals surface area contributed by atoms with Gasteiger partial charge in [0.05, 0.1) is 0 Å². The summed E-state index contributed by atoms with van der Waals surface area (Å²) in [6.07, 6.45) is 2.19. The van der Waals surface area contributed by atoms with Crippen molar-refractivity contribution in [3.63, 3.8) is 0 Å². The van der Waals surface area contributed by atoms with Gasteiger partial charge in [-0.1, -0.05) is 66.2 Å². The zero-order chi connectivity index (χ0) is 23.2. The summed E-state index contributed by atoms with van der Waals surface area (Å²) in [6, 6.07) is 23.8.